The summed E-state index contributed by atoms with van der Waals surface area (Å²) in [5.74, 6) is -1.80. The Bertz CT molecular complexity index is 770. The largest absolute Gasteiger partial charge is 0.471 e. The van der Waals surface area contributed by atoms with Crippen molar-refractivity contribution >= 4 is 5.91 Å². The fourth-order valence-corrected chi connectivity index (χ4v) is 2.54. The van der Waals surface area contributed by atoms with E-state index in [2.05, 4.69) is 43.7 Å². The maximum atomic E-state index is 12.5. The third-order valence-electron chi connectivity index (χ3n) is 4.39. The first-order valence-electron chi connectivity index (χ1n) is 9.06. The van der Waals surface area contributed by atoms with E-state index in [-0.39, 0.29) is 29.4 Å². The van der Waals surface area contributed by atoms with E-state index in [4.69, 9.17) is 0 Å². The molecule has 0 fully saturated rings. The van der Waals surface area contributed by atoms with E-state index >= 15 is 0 Å². The summed E-state index contributed by atoms with van der Waals surface area (Å²) in [6, 6.07) is 2.81. The molecule has 0 unspecified atom stereocenters. The van der Waals surface area contributed by atoms with Crippen LogP contribution in [0.5, 0.6) is 0 Å². The number of amides is 1. The summed E-state index contributed by atoms with van der Waals surface area (Å²) in [5.41, 5.74) is 0.382. The van der Waals surface area contributed by atoms with Gasteiger partial charge in [-0.3, -0.25) is 9.78 Å². The zero-order valence-corrected chi connectivity index (χ0v) is 16.2. The van der Waals surface area contributed by atoms with Crippen LogP contribution in [0.1, 0.15) is 43.9 Å². The van der Waals surface area contributed by atoms with Gasteiger partial charge in [-0.15, -0.1) is 0 Å². The van der Waals surface area contributed by atoms with Crippen LogP contribution in [0.2, 0.25) is 0 Å². The Hall–Kier alpha value is -2.49. The lowest BCUT2D eigenvalue weighted by Gasteiger charge is -2.28. The van der Waals surface area contributed by atoms with Crippen LogP contribution in [0.15, 0.2) is 22.9 Å². The van der Waals surface area contributed by atoms with Gasteiger partial charge in [-0.05, 0) is 31.1 Å². The normalized spacial score (nSPS) is 13.2. The summed E-state index contributed by atoms with van der Waals surface area (Å²) >= 11 is 0. The molecule has 154 valence electrons. The van der Waals surface area contributed by atoms with E-state index in [1.165, 1.54) is 18.3 Å². The highest BCUT2D eigenvalue weighted by atomic mass is 19.4. The monoisotopic (exact) mass is 399 g/mol. The molecule has 1 atom stereocenters. The molecule has 7 nitrogen and oxygen atoms in total. The van der Waals surface area contributed by atoms with Crippen molar-refractivity contribution in [2.75, 3.05) is 19.6 Å². The molecule has 0 radical (unpaired) electrons. The lowest BCUT2D eigenvalue weighted by molar-refractivity contribution is -0.159. The molecule has 10 heteroatoms. The van der Waals surface area contributed by atoms with Crippen LogP contribution in [0.25, 0.3) is 11.5 Å². The number of nitrogens with zero attached hydrogens (tertiary/aromatic N) is 4. The second kappa shape index (κ2) is 9.13. The van der Waals surface area contributed by atoms with Gasteiger partial charge in [0.15, 0.2) is 0 Å². The zero-order valence-electron chi connectivity index (χ0n) is 16.2. The van der Waals surface area contributed by atoms with E-state index < -0.39 is 12.1 Å². The Kier molecular flexibility index (Phi) is 7.11. The van der Waals surface area contributed by atoms with Gasteiger partial charge in [0.2, 0.25) is 5.82 Å². The quantitative estimate of drug-likeness (QED) is 0.734. The van der Waals surface area contributed by atoms with Gasteiger partial charge in [0, 0.05) is 18.8 Å². The molecule has 0 spiro atoms. The first-order chi connectivity index (χ1) is 13.2. The SMILES string of the molecule is CCN(CC)C[C@H](NC(=O)c1ccc(-c2noc(C(F)(F)F)n2)nc1)C(C)C. The van der Waals surface area contributed by atoms with Crippen molar-refractivity contribution in [2.24, 2.45) is 5.92 Å². The van der Waals surface area contributed by atoms with Crippen LogP contribution in [-0.4, -0.2) is 51.6 Å². The fraction of sp³-hybridized carbons (Fsp3) is 0.556. The molecular formula is C18H24F3N5O2. The van der Waals surface area contributed by atoms with Gasteiger partial charge >= 0.3 is 12.1 Å². The predicted molar refractivity (Wildman–Crippen MR) is 96.4 cm³/mol. The van der Waals surface area contributed by atoms with Crippen molar-refractivity contribution < 1.29 is 22.5 Å². The van der Waals surface area contributed by atoms with Crippen molar-refractivity contribution in [1.82, 2.24) is 25.3 Å². The Morgan fingerprint density at radius 2 is 1.93 bits per heavy atom. The molecular weight excluding hydrogens is 375 g/mol. The van der Waals surface area contributed by atoms with Crippen molar-refractivity contribution in [2.45, 2.75) is 39.9 Å². The minimum Gasteiger partial charge on any atom is -0.348 e. The van der Waals surface area contributed by atoms with Crippen molar-refractivity contribution in [3.63, 3.8) is 0 Å². The number of rotatable bonds is 8. The number of likely N-dealkylation sites (N-methyl/N-ethyl adjacent to an activating group) is 1. The Morgan fingerprint density at radius 1 is 1.25 bits per heavy atom. The van der Waals surface area contributed by atoms with Gasteiger partial charge in [0.05, 0.1) is 5.56 Å². The topological polar surface area (TPSA) is 84.2 Å². The molecule has 0 saturated carbocycles. The third-order valence-corrected chi connectivity index (χ3v) is 4.39. The molecule has 28 heavy (non-hydrogen) atoms. The Morgan fingerprint density at radius 3 is 2.39 bits per heavy atom. The van der Waals surface area contributed by atoms with Crippen LogP contribution in [0.3, 0.4) is 0 Å². The average Bonchev–Trinajstić information content (AvgIpc) is 3.15. The average molecular weight is 399 g/mol. The number of carbonyl (C=O) groups is 1. The molecule has 1 amide bonds. The molecule has 2 rings (SSSR count). The van der Waals surface area contributed by atoms with Gasteiger partial charge < -0.3 is 14.7 Å². The van der Waals surface area contributed by atoms with Crippen LogP contribution < -0.4 is 5.32 Å². The highest BCUT2D eigenvalue weighted by molar-refractivity contribution is 5.94. The predicted octanol–water partition coefficient (Wildman–Crippen LogP) is 3.25. The van der Waals surface area contributed by atoms with E-state index in [1.54, 1.807) is 0 Å². The molecule has 0 aromatic carbocycles. The van der Waals surface area contributed by atoms with E-state index in [0.717, 1.165) is 19.6 Å². The van der Waals surface area contributed by atoms with E-state index in [1.807, 2.05) is 13.8 Å². The van der Waals surface area contributed by atoms with Crippen molar-refractivity contribution in [1.29, 1.82) is 0 Å². The maximum absolute atomic E-state index is 12.5. The summed E-state index contributed by atoms with van der Waals surface area (Å²) in [5, 5.41) is 6.27. The van der Waals surface area contributed by atoms with Crippen molar-refractivity contribution in [3.8, 4) is 11.5 Å². The molecule has 2 heterocycles. The number of nitrogens with one attached hydrogen (secondary N) is 1. The lowest BCUT2D eigenvalue weighted by Crippen LogP contribution is -2.46. The van der Waals surface area contributed by atoms with Crippen LogP contribution in [-0.2, 0) is 6.18 Å². The van der Waals surface area contributed by atoms with Gasteiger partial charge in [0.25, 0.3) is 5.91 Å². The Labute approximate surface area is 161 Å². The van der Waals surface area contributed by atoms with Gasteiger partial charge in [-0.1, -0.05) is 32.9 Å². The smallest absolute Gasteiger partial charge is 0.348 e. The Balaban J connectivity index is 2.09. The van der Waals surface area contributed by atoms with E-state index in [0.29, 0.717) is 5.56 Å². The van der Waals surface area contributed by atoms with E-state index in [9.17, 15) is 18.0 Å². The number of carbonyl (C=O) groups excluding carboxylic acids is 1. The third kappa shape index (κ3) is 5.51. The number of hydrogen-bond acceptors (Lipinski definition) is 6. The summed E-state index contributed by atoms with van der Waals surface area (Å²) in [6.07, 6.45) is -3.44. The first-order valence-corrected chi connectivity index (χ1v) is 9.06. The molecule has 0 aliphatic heterocycles. The molecule has 0 aliphatic carbocycles. The lowest BCUT2D eigenvalue weighted by atomic mass is 10.0. The second-order valence-electron chi connectivity index (χ2n) is 6.66. The summed E-state index contributed by atoms with van der Waals surface area (Å²) in [4.78, 5) is 22.0. The molecule has 0 saturated heterocycles. The first kappa shape index (κ1) is 21.8. The fourth-order valence-electron chi connectivity index (χ4n) is 2.54. The number of aromatic nitrogens is 3. The van der Waals surface area contributed by atoms with Gasteiger partial charge in [0.1, 0.15) is 5.69 Å². The zero-order chi connectivity index (χ0) is 20.9. The second-order valence-corrected chi connectivity index (χ2v) is 6.66. The number of hydrogen-bond donors (Lipinski definition) is 1. The standard InChI is InChI=1S/C18H24F3N5O2/c1-5-26(6-2)10-14(11(3)4)23-16(27)12-7-8-13(22-9-12)15-24-17(28-25-15)18(19,20)21/h7-9,11,14H,5-6,10H2,1-4H3,(H,23,27)/t14-/m0/s1. The highest BCUT2D eigenvalue weighted by Gasteiger charge is 2.38. The minimum absolute atomic E-state index is 0.0429. The minimum atomic E-state index is -4.72. The molecule has 0 aliphatic rings. The summed E-state index contributed by atoms with van der Waals surface area (Å²) < 4.78 is 41.8. The van der Waals surface area contributed by atoms with Crippen LogP contribution >= 0.6 is 0 Å². The molecule has 2 aromatic heterocycles. The number of pyridine rings is 1. The maximum Gasteiger partial charge on any atom is 0.471 e. The van der Waals surface area contributed by atoms with Gasteiger partial charge in [-0.2, -0.15) is 18.2 Å². The molecule has 2 aromatic rings. The number of alkyl halides is 3. The van der Waals surface area contributed by atoms with Crippen LogP contribution in [0.4, 0.5) is 13.2 Å². The van der Waals surface area contributed by atoms with Crippen LogP contribution in [0, 0.1) is 5.92 Å². The van der Waals surface area contributed by atoms with Crippen molar-refractivity contribution in [3.05, 3.63) is 29.8 Å². The van der Waals surface area contributed by atoms with Gasteiger partial charge in [-0.25, -0.2) is 0 Å². The summed E-state index contributed by atoms with van der Waals surface area (Å²) in [7, 11) is 0. The molecule has 1 N–H and O–H groups in total. The molecule has 0 bridgehead atoms. The number of halogens is 3. The highest BCUT2D eigenvalue weighted by Crippen LogP contribution is 2.28. The summed E-state index contributed by atoms with van der Waals surface area (Å²) in [6.45, 7) is 10.7.